The topological polar surface area (TPSA) is 73.3 Å². The summed E-state index contributed by atoms with van der Waals surface area (Å²) in [6.07, 6.45) is 1.32. The predicted molar refractivity (Wildman–Crippen MR) is 81.3 cm³/mol. The SMILES string of the molecule is CC(O)c1cccc(-c2c[nH]c3ccc(C(=O)O)cc23)c1. The summed E-state index contributed by atoms with van der Waals surface area (Å²) in [5.74, 6) is -0.943. The Labute approximate surface area is 121 Å². The van der Waals surface area contributed by atoms with E-state index in [9.17, 15) is 9.90 Å². The maximum absolute atomic E-state index is 11.1. The van der Waals surface area contributed by atoms with Crippen LogP contribution in [0.1, 0.15) is 28.9 Å². The minimum Gasteiger partial charge on any atom is -0.478 e. The third kappa shape index (κ3) is 2.41. The van der Waals surface area contributed by atoms with Gasteiger partial charge in [-0.1, -0.05) is 18.2 Å². The molecule has 0 aliphatic rings. The van der Waals surface area contributed by atoms with Crippen molar-refractivity contribution in [2.24, 2.45) is 0 Å². The molecule has 1 aromatic heterocycles. The monoisotopic (exact) mass is 281 g/mol. The number of fused-ring (bicyclic) bond motifs is 1. The van der Waals surface area contributed by atoms with Gasteiger partial charge in [0.05, 0.1) is 11.7 Å². The van der Waals surface area contributed by atoms with Crippen LogP contribution in [0, 0.1) is 0 Å². The molecule has 0 spiro atoms. The molecule has 0 aliphatic heterocycles. The summed E-state index contributed by atoms with van der Waals surface area (Å²) in [5, 5.41) is 19.7. The second kappa shape index (κ2) is 5.07. The van der Waals surface area contributed by atoms with Crippen molar-refractivity contribution in [2.75, 3.05) is 0 Å². The largest absolute Gasteiger partial charge is 0.478 e. The lowest BCUT2D eigenvalue weighted by Crippen LogP contribution is -1.95. The molecule has 0 radical (unpaired) electrons. The van der Waals surface area contributed by atoms with Gasteiger partial charge in [-0.15, -0.1) is 0 Å². The molecule has 0 amide bonds. The highest BCUT2D eigenvalue weighted by Gasteiger charge is 2.11. The van der Waals surface area contributed by atoms with E-state index in [1.807, 2.05) is 30.5 Å². The van der Waals surface area contributed by atoms with Gasteiger partial charge in [0.2, 0.25) is 0 Å². The van der Waals surface area contributed by atoms with Crippen LogP contribution in [0.2, 0.25) is 0 Å². The van der Waals surface area contributed by atoms with Gasteiger partial charge in [0.1, 0.15) is 0 Å². The van der Waals surface area contributed by atoms with Crippen LogP contribution in [0.5, 0.6) is 0 Å². The third-order valence-corrected chi connectivity index (χ3v) is 3.61. The van der Waals surface area contributed by atoms with Gasteiger partial charge in [-0.3, -0.25) is 0 Å². The predicted octanol–water partition coefficient (Wildman–Crippen LogP) is 3.59. The molecule has 0 saturated heterocycles. The fourth-order valence-corrected chi connectivity index (χ4v) is 2.46. The summed E-state index contributed by atoms with van der Waals surface area (Å²) in [6, 6.07) is 12.6. The first kappa shape index (κ1) is 13.4. The Balaban J connectivity index is 2.18. The number of aliphatic hydroxyl groups excluding tert-OH is 1. The van der Waals surface area contributed by atoms with Gasteiger partial charge in [0.25, 0.3) is 0 Å². The van der Waals surface area contributed by atoms with Crippen molar-refractivity contribution in [2.45, 2.75) is 13.0 Å². The second-order valence-corrected chi connectivity index (χ2v) is 5.07. The zero-order valence-electron chi connectivity index (χ0n) is 11.5. The summed E-state index contributed by atoms with van der Waals surface area (Å²) < 4.78 is 0. The molecule has 1 atom stereocenters. The number of aliphatic hydroxyl groups is 1. The lowest BCUT2D eigenvalue weighted by atomic mass is 10.00. The van der Waals surface area contributed by atoms with Crippen LogP contribution in [0.4, 0.5) is 0 Å². The van der Waals surface area contributed by atoms with Crippen LogP contribution < -0.4 is 0 Å². The number of hydrogen-bond acceptors (Lipinski definition) is 2. The molecule has 1 unspecified atom stereocenters. The fraction of sp³-hybridized carbons (Fsp3) is 0.118. The third-order valence-electron chi connectivity index (χ3n) is 3.61. The van der Waals surface area contributed by atoms with Crippen molar-refractivity contribution < 1.29 is 15.0 Å². The first-order valence-corrected chi connectivity index (χ1v) is 6.69. The van der Waals surface area contributed by atoms with Crippen LogP contribution in [0.15, 0.2) is 48.7 Å². The number of carboxylic acid groups (broad SMARTS) is 1. The summed E-state index contributed by atoms with van der Waals surface area (Å²) in [5.41, 5.74) is 3.85. The number of nitrogens with one attached hydrogen (secondary N) is 1. The van der Waals surface area contributed by atoms with Gasteiger partial charge in [0.15, 0.2) is 0 Å². The molecule has 0 bridgehead atoms. The van der Waals surface area contributed by atoms with Gasteiger partial charge in [-0.25, -0.2) is 4.79 Å². The maximum atomic E-state index is 11.1. The highest BCUT2D eigenvalue weighted by molar-refractivity contribution is 6.00. The van der Waals surface area contributed by atoms with Crippen molar-refractivity contribution >= 4 is 16.9 Å². The average molecular weight is 281 g/mol. The maximum Gasteiger partial charge on any atom is 0.335 e. The van der Waals surface area contributed by atoms with Crippen molar-refractivity contribution in [3.05, 3.63) is 59.8 Å². The summed E-state index contributed by atoms with van der Waals surface area (Å²) in [4.78, 5) is 14.3. The standard InChI is InChI=1S/C17H15NO3/c1-10(19)11-3-2-4-12(7-11)15-9-18-16-6-5-13(17(20)21)8-14(15)16/h2-10,18-19H,1H3,(H,20,21). The Hall–Kier alpha value is -2.59. The van der Waals surface area contributed by atoms with Crippen LogP contribution in [-0.2, 0) is 0 Å². The highest BCUT2D eigenvalue weighted by atomic mass is 16.4. The molecule has 0 aliphatic carbocycles. The van der Waals surface area contributed by atoms with E-state index in [2.05, 4.69) is 4.98 Å². The molecule has 4 heteroatoms. The number of carbonyl (C=O) groups is 1. The van der Waals surface area contributed by atoms with Gasteiger partial charge < -0.3 is 15.2 Å². The molecule has 3 aromatic rings. The molecule has 0 saturated carbocycles. The number of hydrogen-bond donors (Lipinski definition) is 3. The molecule has 4 nitrogen and oxygen atoms in total. The Morgan fingerprint density at radius 2 is 2.00 bits per heavy atom. The van der Waals surface area contributed by atoms with Crippen molar-refractivity contribution in [1.29, 1.82) is 0 Å². The van der Waals surface area contributed by atoms with E-state index in [1.54, 1.807) is 25.1 Å². The van der Waals surface area contributed by atoms with E-state index in [4.69, 9.17) is 5.11 Å². The zero-order chi connectivity index (χ0) is 15.0. The lowest BCUT2D eigenvalue weighted by molar-refractivity contribution is 0.0697. The number of H-pyrrole nitrogens is 1. The van der Waals surface area contributed by atoms with Crippen molar-refractivity contribution in [3.63, 3.8) is 0 Å². The van der Waals surface area contributed by atoms with E-state index in [1.165, 1.54) is 0 Å². The van der Waals surface area contributed by atoms with Crippen LogP contribution in [-0.4, -0.2) is 21.2 Å². The summed E-state index contributed by atoms with van der Waals surface area (Å²) in [7, 11) is 0. The van der Waals surface area contributed by atoms with Gasteiger partial charge in [0, 0.05) is 22.7 Å². The first-order chi connectivity index (χ1) is 10.1. The van der Waals surface area contributed by atoms with E-state index in [-0.39, 0.29) is 5.56 Å². The normalized spacial score (nSPS) is 12.5. The number of aromatic nitrogens is 1. The van der Waals surface area contributed by atoms with Gasteiger partial charge in [-0.2, -0.15) is 0 Å². The van der Waals surface area contributed by atoms with Crippen molar-refractivity contribution in [1.82, 2.24) is 4.98 Å². The molecular weight excluding hydrogens is 266 g/mol. The number of aromatic amines is 1. The summed E-state index contributed by atoms with van der Waals surface area (Å²) >= 11 is 0. The van der Waals surface area contributed by atoms with Crippen LogP contribution >= 0.6 is 0 Å². The minimum absolute atomic E-state index is 0.259. The number of rotatable bonds is 3. The molecular formula is C17H15NO3. The molecule has 1 heterocycles. The van der Waals surface area contributed by atoms with E-state index >= 15 is 0 Å². The first-order valence-electron chi connectivity index (χ1n) is 6.69. The molecule has 0 fully saturated rings. The fourth-order valence-electron chi connectivity index (χ4n) is 2.46. The van der Waals surface area contributed by atoms with Crippen LogP contribution in [0.3, 0.4) is 0 Å². The van der Waals surface area contributed by atoms with E-state index in [0.717, 1.165) is 27.6 Å². The molecule has 106 valence electrons. The number of aromatic carboxylic acids is 1. The van der Waals surface area contributed by atoms with Gasteiger partial charge >= 0.3 is 5.97 Å². The molecule has 3 rings (SSSR count). The van der Waals surface area contributed by atoms with E-state index in [0.29, 0.717) is 0 Å². The molecule has 3 N–H and O–H groups in total. The average Bonchev–Trinajstić information content (AvgIpc) is 2.90. The minimum atomic E-state index is -0.943. The van der Waals surface area contributed by atoms with Crippen molar-refractivity contribution in [3.8, 4) is 11.1 Å². The number of benzene rings is 2. The Morgan fingerprint density at radius 1 is 1.19 bits per heavy atom. The summed E-state index contributed by atoms with van der Waals surface area (Å²) in [6.45, 7) is 1.72. The Morgan fingerprint density at radius 3 is 2.71 bits per heavy atom. The molecule has 2 aromatic carbocycles. The smallest absolute Gasteiger partial charge is 0.335 e. The second-order valence-electron chi connectivity index (χ2n) is 5.07. The molecule has 21 heavy (non-hydrogen) atoms. The van der Waals surface area contributed by atoms with Gasteiger partial charge in [-0.05, 0) is 42.3 Å². The zero-order valence-corrected chi connectivity index (χ0v) is 11.5. The number of carboxylic acids is 1. The quantitative estimate of drug-likeness (QED) is 0.687. The lowest BCUT2D eigenvalue weighted by Gasteiger charge is -2.07. The Kier molecular flexibility index (Phi) is 3.23. The highest BCUT2D eigenvalue weighted by Crippen LogP contribution is 2.30. The van der Waals surface area contributed by atoms with E-state index < -0.39 is 12.1 Å². The Bertz CT molecular complexity index is 818. The van der Waals surface area contributed by atoms with Crippen LogP contribution in [0.25, 0.3) is 22.0 Å².